The number of hydrogen-bond acceptors (Lipinski definition) is 5. The fourth-order valence-corrected chi connectivity index (χ4v) is 2.00. The summed E-state index contributed by atoms with van der Waals surface area (Å²) in [6.45, 7) is 5.42. The largest absolute Gasteiger partial charge is 0.497 e. The molecule has 0 saturated carbocycles. The van der Waals surface area contributed by atoms with Gasteiger partial charge in [0.05, 0.1) is 18.5 Å². The number of ether oxygens (including phenoxy) is 2. The second-order valence-corrected chi connectivity index (χ2v) is 6.12. The van der Waals surface area contributed by atoms with Crippen LogP contribution in [-0.4, -0.2) is 28.6 Å². The highest BCUT2D eigenvalue weighted by Crippen LogP contribution is 2.32. The third kappa shape index (κ3) is 4.15. The molecule has 2 rings (SSSR count). The van der Waals surface area contributed by atoms with Crippen LogP contribution in [0.3, 0.4) is 0 Å². The van der Waals surface area contributed by atoms with Crippen LogP contribution >= 0.6 is 0 Å². The molecular formula is C16H22N4O3. The molecule has 1 aromatic heterocycles. The summed E-state index contributed by atoms with van der Waals surface area (Å²) in [4.78, 5) is 12.0. The molecular weight excluding hydrogens is 296 g/mol. The Morgan fingerprint density at radius 1 is 1.30 bits per heavy atom. The second kappa shape index (κ2) is 6.20. The highest BCUT2D eigenvalue weighted by Gasteiger charge is 2.19. The average Bonchev–Trinajstić information content (AvgIpc) is 2.77. The van der Waals surface area contributed by atoms with Crippen LogP contribution in [0.15, 0.2) is 24.3 Å². The number of carbonyl (C=O) groups is 1. The molecule has 0 saturated heterocycles. The van der Waals surface area contributed by atoms with Crippen LogP contribution in [0.1, 0.15) is 20.8 Å². The summed E-state index contributed by atoms with van der Waals surface area (Å²) >= 11 is 0. The standard InChI is InChI=1S/C16H22N4O3/c1-16(2,3)23-15(21)18-12-7-6-10(22-5)8-11(12)13-9-14(17)20(4)19-13/h6-9H,17H2,1-5H3,(H,18,21). The molecule has 0 unspecified atom stereocenters. The van der Waals surface area contributed by atoms with Crippen LogP contribution in [0.4, 0.5) is 16.3 Å². The number of aromatic nitrogens is 2. The van der Waals surface area contributed by atoms with Crippen LogP contribution in [0.2, 0.25) is 0 Å². The van der Waals surface area contributed by atoms with Gasteiger partial charge >= 0.3 is 6.09 Å². The molecule has 3 N–H and O–H groups in total. The number of anilines is 2. The topological polar surface area (TPSA) is 91.4 Å². The van der Waals surface area contributed by atoms with E-state index in [9.17, 15) is 4.79 Å². The maximum Gasteiger partial charge on any atom is 0.412 e. The number of nitrogen functional groups attached to an aromatic ring is 1. The third-order valence-electron chi connectivity index (χ3n) is 3.05. The monoisotopic (exact) mass is 318 g/mol. The van der Waals surface area contributed by atoms with E-state index in [4.69, 9.17) is 15.2 Å². The minimum absolute atomic E-state index is 0.519. The highest BCUT2D eigenvalue weighted by atomic mass is 16.6. The van der Waals surface area contributed by atoms with Gasteiger partial charge < -0.3 is 15.2 Å². The predicted octanol–water partition coefficient (Wildman–Crippen LogP) is 3.02. The lowest BCUT2D eigenvalue weighted by atomic mass is 10.1. The van der Waals surface area contributed by atoms with E-state index >= 15 is 0 Å². The lowest BCUT2D eigenvalue weighted by molar-refractivity contribution is 0.0636. The van der Waals surface area contributed by atoms with Crippen molar-refractivity contribution in [2.75, 3.05) is 18.2 Å². The van der Waals surface area contributed by atoms with Gasteiger partial charge in [-0.2, -0.15) is 5.10 Å². The molecule has 7 heteroatoms. The predicted molar refractivity (Wildman–Crippen MR) is 89.5 cm³/mol. The summed E-state index contributed by atoms with van der Waals surface area (Å²) in [6.07, 6.45) is -0.534. The van der Waals surface area contributed by atoms with Crippen molar-refractivity contribution >= 4 is 17.6 Å². The Kier molecular flexibility index (Phi) is 4.49. The lowest BCUT2D eigenvalue weighted by Crippen LogP contribution is -2.27. The minimum Gasteiger partial charge on any atom is -0.497 e. The Morgan fingerprint density at radius 3 is 2.52 bits per heavy atom. The van der Waals surface area contributed by atoms with Gasteiger partial charge in [0.15, 0.2) is 0 Å². The number of amides is 1. The minimum atomic E-state index is -0.577. The highest BCUT2D eigenvalue weighted by molar-refractivity contribution is 5.91. The van der Waals surface area contributed by atoms with Gasteiger partial charge in [0.25, 0.3) is 0 Å². The van der Waals surface area contributed by atoms with E-state index < -0.39 is 11.7 Å². The quantitative estimate of drug-likeness (QED) is 0.907. The molecule has 0 bridgehead atoms. The van der Waals surface area contributed by atoms with Crippen LogP contribution in [0.25, 0.3) is 11.3 Å². The Labute approximate surface area is 135 Å². The van der Waals surface area contributed by atoms with Crippen molar-refractivity contribution in [1.29, 1.82) is 0 Å². The number of rotatable bonds is 3. The van der Waals surface area contributed by atoms with Gasteiger partial charge in [0, 0.05) is 18.7 Å². The maximum absolute atomic E-state index is 12.0. The van der Waals surface area contributed by atoms with Gasteiger partial charge in [-0.3, -0.25) is 10.00 Å². The normalized spacial score (nSPS) is 11.2. The second-order valence-electron chi connectivity index (χ2n) is 6.12. The number of hydrogen-bond donors (Lipinski definition) is 2. The average molecular weight is 318 g/mol. The summed E-state index contributed by atoms with van der Waals surface area (Å²) in [7, 11) is 3.33. The van der Waals surface area contributed by atoms with Gasteiger partial charge in [-0.05, 0) is 39.0 Å². The van der Waals surface area contributed by atoms with E-state index in [0.29, 0.717) is 28.5 Å². The molecule has 1 amide bonds. The van der Waals surface area contributed by atoms with Gasteiger partial charge in [-0.25, -0.2) is 4.79 Å². The zero-order valence-corrected chi connectivity index (χ0v) is 14.0. The summed E-state index contributed by atoms with van der Waals surface area (Å²) < 4.78 is 12.1. The summed E-state index contributed by atoms with van der Waals surface area (Å²) in [5.74, 6) is 1.17. The number of benzene rings is 1. The van der Waals surface area contributed by atoms with E-state index in [-0.39, 0.29) is 0 Å². The van der Waals surface area contributed by atoms with Crippen molar-refractivity contribution in [3.05, 3.63) is 24.3 Å². The van der Waals surface area contributed by atoms with Gasteiger partial charge in [0.2, 0.25) is 0 Å². The molecule has 1 aromatic carbocycles. The zero-order chi connectivity index (χ0) is 17.2. The van der Waals surface area contributed by atoms with E-state index in [1.807, 2.05) is 0 Å². The Hall–Kier alpha value is -2.70. The summed E-state index contributed by atoms with van der Waals surface area (Å²) in [5.41, 5.74) is 7.16. The Bertz CT molecular complexity index is 697. The van der Waals surface area contributed by atoms with Crippen LogP contribution in [-0.2, 0) is 11.8 Å². The molecule has 0 atom stereocenters. The van der Waals surface area contributed by atoms with Crippen molar-refractivity contribution in [3.63, 3.8) is 0 Å². The number of carbonyl (C=O) groups excluding carboxylic acids is 1. The molecule has 0 spiro atoms. The van der Waals surface area contributed by atoms with Crippen molar-refractivity contribution in [3.8, 4) is 17.0 Å². The fourth-order valence-electron chi connectivity index (χ4n) is 2.00. The van der Waals surface area contributed by atoms with E-state index in [1.165, 1.54) is 0 Å². The van der Waals surface area contributed by atoms with Gasteiger partial charge in [0.1, 0.15) is 17.2 Å². The molecule has 0 aliphatic carbocycles. The third-order valence-corrected chi connectivity index (χ3v) is 3.05. The number of methoxy groups -OCH3 is 1. The zero-order valence-electron chi connectivity index (χ0n) is 14.0. The molecule has 0 radical (unpaired) electrons. The maximum atomic E-state index is 12.0. The Balaban J connectivity index is 2.37. The van der Waals surface area contributed by atoms with Gasteiger partial charge in [-0.15, -0.1) is 0 Å². The molecule has 7 nitrogen and oxygen atoms in total. The lowest BCUT2D eigenvalue weighted by Gasteiger charge is -2.20. The van der Waals surface area contributed by atoms with Crippen molar-refractivity contribution in [1.82, 2.24) is 9.78 Å². The van der Waals surface area contributed by atoms with E-state index in [2.05, 4.69) is 10.4 Å². The fraction of sp³-hybridized carbons (Fsp3) is 0.375. The smallest absolute Gasteiger partial charge is 0.412 e. The van der Waals surface area contributed by atoms with E-state index in [1.54, 1.807) is 63.9 Å². The molecule has 1 heterocycles. The molecule has 23 heavy (non-hydrogen) atoms. The van der Waals surface area contributed by atoms with Crippen molar-refractivity contribution < 1.29 is 14.3 Å². The molecule has 2 aromatic rings. The first-order valence-electron chi connectivity index (χ1n) is 7.17. The molecule has 124 valence electrons. The number of aryl methyl sites for hydroxylation is 1. The number of nitrogens with two attached hydrogens (primary N) is 1. The Morgan fingerprint density at radius 2 is 2.00 bits per heavy atom. The molecule has 0 aliphatic rings. The molecule has 0 aliphatic heterocycles. The number of nitrogens with one attached hydrogen (secondary N) is 1. The first-order chi connectivity index (χ1) is 10.7. The molecule has 0 fully saturated rings. The number of nitrogens with zero attached hydrogens (tertiary/aromatic N) is 2. The summed E-state index contributed by atoms with van der Waals surface area (Å²) in [5, 5.41) is 7.08. The summed E-state index contributed by atoms with van der Waals surface area (Å²) in [6, 6.07) is 7.01. The van der Waals surface area contributed by atoms with Gasteiger partial charge in [-0.1, -0.05) is 0 Å². The van der Waals surface area contributed by atoms with E-state index in [0.717, 1.165) is 0 Å². The SMILES string of the molecule is COc1ccc(NC(=O)OC(C)(C)C)c(-c2cc(N)n(C)n2)c1. The van der Waals surface area contributed by atoms with Crippen molar-refractivity contribution in [2.24, 2.45) is 7.05 Å². The van der Waals surface area contributed by atoms with Crippen LogP contribution in [0.5, 0.6) is 5.75 Å². The van der Waals surface area contributed by atoms with Crippen LogP contribution in [0, 0.1) is 0 Å². The first-order valence-corrected chi connectivity index (χ1v) is 7.17. The van der Waals surface area contributed by atoms with Crippen LogP contribution < -0.4 is 15.8 Å². The van der Waals surface area contributed by atoms with Crippen molar-refractivity contribution in [2.45, 2.75) is 26.4 Å². The first kappa shape index (κ1) is 16.7.